The number of amides is 2. The molecule has 222 valence electrons. The zero-order chi connectivity index (χ0) is 30.3. The molecule has 2 amide bonds. The average molecular weight is 617 g/mol. The number of nitrogens with one attached hydrogen (secondary N) is 2. The third-order valence-electron chi connectivity index (χ3n) is 7.40. The Labute approximate surface area is 259 Å². The number of rotatable bonds is 10. The van der Waals surface area contributed by atoms with Gasteiger partial charge < -0.3 is 15.4 Å². The van der Waals surface area contributed by atoms with Gasteiger partial charge in [0.2, 0.25) is 5.91 Å². The SMILES string of the molecule is CCOC(=O)c1c(NC(=O)C(CC)Sc2cccc(NC(=O)c3ccccc3F)c2)sc2c1CCC(c1ccccc1)C2. The molecular weight excluding hydrogens is 584 g/mol. The van der Waals surface area contributed by atoms with Crippen LogP contribution in [0, 0.1) is 5.82 Å². The molecule has 3 aromatic carbocycles. The van der Waals surface area contributed by atoms with Crippen molar-refractivity contribution in [1.82, 2.24) is 0 Å². The Morgan fingerprint density at radius 3 is 2.51 bits per heavy atom. The summed E-state index contributed by atoms with van der Waals surface area (Å²) in [5, 5.41) is 5.87. The van der Waals surface area contributed by atoms with Crippen LogP contribution >= 0.6 is 23.1 Å². The summed E-state index contributed by atoms with van der Waals surface area (Å²) < 4.78 is 19.5. The normalized spacial score (nSPS) is 14.8. The van der Waals surface area contributed by atoms with Crippen LogP contribution in [-0.4, -0.2) is 29.6 Å². The van der Waals surface area contributed by atoms with Crippen molar-refractivity contribution in [2.75, 3.05) is 17.2 Å². The van der Waals surface area contributed by atoms with Crippen molar-refractivity contribution < 1.29 is 23.5 Å². The van der Waals surface area contributed by atoms with Gasteiger partial charge in [0, 0.05) is 15.5 Å². The van der Waals surface area contributed by atoms with Crippen LogP contribution in [0.25, 0.3) is 0 Å². The predicted octanol–water partition coefficient (Wildman–Crippen LogP) is 8.10. The van der Waals surface area contributed by atoms with E-state index >= 15 is 0 Å². The molecule has 2 atom stereocenters. The van der Waals surface area contributed by atoms with E-state index in [1.54, 1.807) is 31.2 Å². The van der Waals surface area contributed by atoms with E-state index in [4.69, 9.17) is 4.74 Å². The highest BCUT2D eigenvalue weighted by molar-refractivity contribution is 8.00. The van der Waals surface area contributed by atoms with Crippen LogP contribution in [0.4, 0.5) is 15.1 Å². The minimum absolute atomic E-state index is 0.0440. The lowest BCUT2D eigenvalue weighted by Gasteiger charge is -2.23. The van der Waals surface area contributed by atoms with Gasteiger partial charge in [-0.1, -0.05) is 55.5 Å². The molecule has 5 rings (SSSR count). The number of carbonyl (C=O) groups excluding carboxylic acids is 3. The predicted molar refractivity (Wildman–Crippen MR) is 171 cm³/mol. The number of halogens is 1. The van der Waals surface area contributed by atoms with Crippen LogP contribution in [0.3, 0.4) is 0 Å². The molecule has 0 radical (unpaired) electrons. The second kappa shape index (κ2) is 14.0. The number of thiophene rings is 1. The number of carbonyl (C=O) groups is 3. The molecule has 9 heteroatoms. The molecule has 0 fully saturated rings. The van der Waals surface area contributed by atoms with Crippen LogP contribution in [-0.2, 0) is 22.4 Å². The maximum absolute atomic E-state index is 14.1. The van der Waals surface area contributed by atoms with Gasteiger partial charge in [-0.25, -0.2) is 9.18 Å². The third kappa shape index (κ3) is 7.17. The van der Waals surface area contributed by atoms with E-state index in [9.17, 15) is 18.8 Å². The first-order valence-corrected chi connectivity index (χ1v) is 16.1. The molecule has 0 bridgehead atoms. The lowest BCUT2D eigenvalue weighted by Crippen LogP contribution is -2.25. The summed E-state index contributed by atoms with van der Waals surface area (Å²) in [6.45, 7) is 3.95. The lowest BCUT2D eigenvalue weighted by atomic mass is 9.83. The number of esters is 1. The summed E-state index contributed by atoms with van der Waals surface area (Å²) in [5.74, 6) is -1.41. The van der Waals surface area contributed by atoms with E-state index in [0.29, 0.717) is 28.6 Å². The van der Waals surface area contributed by atoms with Gasteiger partial charge in [0.15, 0.2) is 0 Å². The molecule has 0 aliphatic heterocycles. The molecule has 6 nitrogen and oxygen atoms in total. The van der Waals surface area contributed by atoms with Crippen molar-refractivity contribution in [3.8, 4) is 0 Å². The molecule has 2 unspecified atom stereocenters. The number of anilines is 2. The zero-order valence-corrected chi connectivity index (χ0v) is 25.7. The smallest absolute Gasteiger partial charge is 0.341 e. The summed E-state index contributed by atoms with van der Waals surface area (Å²) >= 11 is 2.83. The Kier molecular flexibility index (Phi) is 9.94. The van der Waals surface area contributed by atoms with Gasteiger partial charge in [0.05, 0.1) is 23.0 Å². The van der Waals surface area contributed by atoms with Crippen LogP contribution in [0.5, 0.6) is 0 Å². The summed E-state index contributed by atoms with van der Waals surface area (Å²) in [5.41, 5.74) is 3.18. The molecule has 2 N–H and O–H groups in total. The van der Waals surface area contributed by atoms with Gasteiger partial charge in [-0.2, -0.15) is 0 Å². The van der Waals surface area contributed by atoms with Crippen molar-refractivity contribution >= 4 is 51.6 Å². The maximum atomic E-state index is 14.1. The Morgan fingerprint density at radius 1 is 1.00 bits per heavy atom. The first-order valence-electron chi connectivity index (χ1n) is 14.4. The molecule has 1 aliphatic rings. The van der Waals surface area contributed by atoms with Crippen molar-refractivity contribution in [3.05, 3.63) is 112 Å². The molecular formula is C34H33FN2O4S2. The van der Waals surface area contributed by atoms with E-state index in [2.05, 4.69) is 22.8 Å². The van der Waals surface area contributed by atoms with Gasteiger partial charge in [0.1, 0.15) is 10.8 Å². The van der Waals surface area contributed by atoms with E-state index in [1.165, 1.54) is 46.9 Å². The van der Waals surface area contributed by atoms with Gasteiger partial charge in [0.25, 0.3) is 5.91 Å². The molecule has 1 aliphatic carbocycles. The highest BCUT2D eigenvalue weighted by Crippen LogP contribution is 2.43. The van der Waals surface area contributed by atoms with E-state index in [-0.39, 0.29) is 18.1 Å². The Bertz CT molecular complexity index is 1620. The first kappa shape index (κ1) is 30.5. The number of fused-ring (bicyclic) bond motifs is 1. The summed E-state index contributed by atoms with van der Waals surface area (Å²) in [6, 6.07) is 23.3. The molecule has 43 heavy (non-hydrogen) atoms. The maximum Gasteiger partial charge on any atom is 0.341 e. The minimum Gasteiger partial charge on any atom is -0.462 e. The fourth-order valence-electron chi connectivity index (χ4n) is 5.27. The molecule has 4 aromatic rings. The van der Waals surface area contributed by atoms with Gasteiger partial charge in [-0.05, 0) is 80.0 Å². The molecule has 0 saturated carbocycles. The van der Waals surface area contributed by atoms with E-state index in [1.807, 2.05) is 31.2 Å². The quantitative estimate of drug-likeness (QED) is 0.139. The molecule has 1 aromatic heterocycles. The number of thioether (sulfide) groups is 1. The summed E-state index contributed by atoms with van der Waals surface area (Å²) in [7, 11) is 0. The number of ether oxygens (including phenoxy) is 1. The van der Waals surface area contributed by atoms with Crippen LogP contribution in [0.2, 0.25) is 0 Å². The second-order valence-electron chi connectivity index (χ2n) is 10.2. The van der Waals surface area contributed by atoms with Gasteiger partial charge >= 0.3 is 5.97 Å². The van der Waals surface area contributed by atoms with Gasteiger partial charge in [-0.15, -0.1) is 23.1 Å². The monoisotopic (exact) mass is 616 g/mol. The number of hydrogen-bond acceptors (Lipinski definition) is 6. The van der Waals surface area contributed by atoms with Crippen LogP contribution in [0.15, 0.2) is 83.8 Å². The fourth-order valence-corrected chi connectivity index (χ4v) is 7.60. The van der Waals surface area contributed by atoms with Gasteiger partial charge in [-0.3, -0.25) is 9.59 Å². The number of hydrogen-bond donors (Lipinski definition) is 2. The van der Waals surface area contributed by atoms with Crippen molar-refractivity contribution in [1.29, 1.82) is 0 Å². The highest BCUT2D eigenvalue weighted by atomic mass is 32.2. The molecule has 0 spiro atoms. The lowest BCUT2D eigenvalue weighted by molar-refractivity contribution is -0.115. The Hall–Kier alpha value is -3.95. The fraction of sp³-hybridized carbons (Fsp3) is 0.265. The first-order chi connectivity index (χ1) is 20.9. The molecule has 1 heterocycles. The topological polar surface area (TPSA) is 84.5 Å². The zero-order valence-electron chi connectivity index (χ0n) is 24.0. The number of benzene rings is 3. The average Bonchev–Trinajstić information content (AvgIpc) is 3.37. The largest absolute Gasteiger partial charge is 0.462 e. The molecule has 0 saturated heterocycles. The van der Waals surface area contributed by atoms with E-state index < -0.39 is 22.9 Å². The van der Waals surface area contributed by atoms with Crippen molar-refractivity contribution in [2.45, 2.75) is 55.6 Å². The van der Waals surface area contributed by atoms with E-state index in [0.717, 1.165) is 34.6 Å². The van der Waals surface area contributed by atoms with Crippen molar-refractivity contribution in [3.63, 3.8) is 0 Å². The second-order valence-corrected chi connectivity index (χ2v) is 12.6. The summed E-state index contributed by atoms with van der Waals surface area (Å²) in [4.78, 5) is 41.1. The summed E-state index contributed by atoms with van der Waals surface area (Å²) in [6.07, 6.45) is 3.01. The Balaban J connectivity index is 1.32. The van der Waals surface area contributed by atoms with Crippen molar-refractivity contribution in [2.24, 2.45) is 0 Å². The standard InChI is InChI=1S/C34H33FN2O4S2/c1-3-28(42-24-14-10-13-23(20-24)36-31(38)25-15-8-9-16-27(25)35)32(39)37-33-30(34(40)41-4-2)26-18-17-22(19-29(26)43-33)21-11-6-5-7-12-21/h5-16,20,22,28H,3-4,17-19H2,1-2H3,(H,36,38)(H,37,39). The third-order valence-corrected chi connectivity index (χ3v) is 9.93. The van der Waals surface area contributed by atoms with Crippen LogP contribution < -0.4 is 10.6 Å². The minimum atomic E-state index is -0.596. The highest BCUT2D eigenvalue weighted by Gasteiger charge is 2.32. The van der Waals surface area contributed by atoms with Crippen LogP contribution in [0.1, 0.15) is 69.3 Å². The Morgan fingerprint density at radius 2 is 1.77 bits per heavy atom.